The fraction of sp³-hybridized carbons (Fsp3) is 0.500. The van der Waals surface area contributed by atoms with Gasteiger partial charge in [-0.3, -0.25) is 15.1 Å². The van der Waals surface area contributed by atoms with E-state index in [4.69, 9.17) is 0 Å². The van der Waals surface area contributed by atoms with E-state index in [1.54, 1.807) is 6.20 Å². The Morgan fingerprint density at radius 3 is 2.88 bits per heavy atom. The molecule has 0 atom stereocenters. The Bertz CT molecular complexity index is 400. The summed E-state index contributed by atoms with van der Waals surface area (Å²) < 4.78 is 0.638. The first-order chi connectivity index (χ1) is 8.07. The number of nitrogens with zero attached hydrogens (tertiary/aromatic N) is 3. The van der Waals surface area contributed by atoms with Crippen molar-refractivity contribution < 1.29 is 4.92 Å². The molecule has 0 radical (unpaired) electrons. The van der Waals surface area contributed by atoms with E-state index in [2.05, 4.69) is 26.2 Å². The third-order valence-corrected chi connectivity index (χ3v) is 2.93. The van der Waals surface area contributed by atoms with Crippen molar-refractivity contribution in [3.8, 4) is 0 Å². The van der Waals surface area contributed by atoms with Crippen LogP contribution in [0.25, 0.3) is 0 Å². The van der Waals surface area contributed by atoms with E-state index in [1.807, 2.05) is 19.0 Å². The van der Waals surface area contributed by atoms with Crippen LogP contribution in [0.2, 0.25) is 0 Å². The van der Waals surface area contributed by atoms with E-state index in [0.717, 1.165) is 19.5 Å². The molecule has 0 unspecified atom stereocenters. The maximum absolute atomic E-state index is 10.9. The van der Waals surface area contributed by atoms with Gasteiger partial charge in [-0.05, 0) is 35.9 Å². The lowest BCUT2D eigenvalue weighted by Gasteiger charge is -2.19. The van der Waals surface area contributed by atoms with Crippen LogP contribution in [0.5, 0.6) is 0 Å². The van der Waals surface area contributed by atoms with Gasteiger partial charge in [-0.2, -0.15) is 0 Å². The van der Waals surface area contributed by atoms with Gasteiger partial charge in [0.05, 0.1) is 9.40 Å². The minimum Gasteiger partial charge on any atom is -0.368 e. The minimum atomic E-state index is -0.415. The second-order valence-corrected chi connectivity index (χ2v) is 4.48. The third-order valence-electron chi connectivity index (χ3n) is 2.35. The first kappa shape index (κ1) is 13.9. The first-order valence-electron chi connectivity index (χ1n) is 5.21. The van der Waals surface area contributed by atoms with E-state index < -0.39 is 4.92 Å². The SMILES string of the molecule is CNCCCN(C)c1c(Br)cncc1[N+](=O)[O-]. The highest BCUT2D eigenvalue weighted by atomic mass is 79.9. The average molecular weight is 303 g/mol. The summed E-state index contributed by atoms with van der Waals surface area (Å²) in [6.07, 6.45) is 3.75. The number of rotatable bonds is 6. The molecule has 0 amide bonds. The summed E-state index contributed by atoms with van der Waals surface area (Å²) >= 11 is 3.30. The van der Waals surface area contributed by atoms with Crippen LogP contribution in [0.3, 0.4) is 0 Å². The van der Waals surface area contributed by atoms with Gasteiger partial charge in [-0.15, -0.1) is 0 Å². The highest BCUT2D eigenvalue weighted by molar-refractivity contribution is 9.10. The molecule has 94 valence electrons. The van der Waals surface area contributed by atoms with Crippen LogP contribution in [0, 0.1) is 10.1 Å². The molecule has 1 aromatic heterocycles. The van der Waals surface area contributed by atoms with E-state index in [1.165, 1.54) is 6.20 Å². The summed E-state index contributed by atoms with van der Waals surface area (Å²) in [6.45, 7) is 1.62. The maximum atomic E-state index is 10.9. The Morgan fingerprint density at radius 2 is 2.29 bits per heavy atom. The topological polar surface area (TPSA) is 71.3 Å². The zero-order valence-corrected chi connectivity index (χ0v) is 11.4. The molecule has 0 aliphatic rings. The number of hydrogen-bond acceptors (Lipinski definition) is 5. The van der Waals surface area contributed by atoms with Crippen LogP contribution in [-0.2, 0) is 0 Å². The summed E-state index contributed by atoms with van der Waals surface area (Å²) in [4.78, 5) is 16.2. The van der Waals surface area contributed by atoms with Crippen LogP contribution in [-0.4, -0.2) is 37.1 Å². The molecule has 6 nitrogen and oxygen atoms in total. The van der Waals surface area contributed by atoms with E-state index in [9.17, 15) is 10.1 Å². The summed E-state index contributed by atoms with van der Waals surface area (Å²) in [5.41, 5.74) is 0.590. The Labute approximate surface area is 108 Å². The number of aromatic nitrogens is 1. The number of hydrogen-bond donors (Lipinski definition) is 1. The summed E-state index contributed by atoms with van der Waals surface area (Å²) in [7, 11) is 3.72. The quantitative estimate of drug-likeness (QED) is 0.493. The van der Waals surface area contributed by atoms with Crippen molar-refractivity contribution in [2.45, 2.75) is 6.42 Å². The number of pyridine rings is 1. The molecule has 0 saturated heterocycles. The van der Waals surface area contributed by atoms with Gasteiger partial charge in [0, 0.05) is 19.8 Å². The minimum absolute atomic E-state index is 0.0198. The monoisotopic (exact) mass is 302 g/mol. The van der Waals surface area contributed by atoms with E-state index in [-0.39, 0.29) is 5.69 Å². The lowest BCUT2D eigenvalue weighted by Crippen LogP contribution is -2.23. The van der Waals surface area contributed by atoms with Crippen LogP contribution < -0.4 is 10.2 Å². The molecule has 0 aliphatic heterocycles. The van der Waals surface area contributed by atoms with Crippen molar-refractivity contribution in [3.63, 3.8) is 0 Å². The molecule has 0 aromatic carbocycles. The van der Waals surface area contributed by atoms with Crippen molar-refractivity contribution in [2.75, 3.05) is 32.1 Å². The van der Waals surface area contributed by atoms with Gasteiger partial charge in [-0.25, -0.2) is 0 Å². The average Bonchev–Trinajstić information content (AvgIpc) is 2.28. The molecular weight excluding hydrogens is 288 g/mol. The van der Waals surface area contributed by atoms with Crippen molar-refractivity contribution in [1.82, 2.24) is 10.3 Å². The zero-order valence-electron chi connectivity index (χ0n) is 9.81. The fourth-order valence-corrected chi connectivity index (χ4v) is 2.16. The highest BCUT2D eigenvalue weighted by Gasteiger charge is 2.20. The lowest BCUT2D eigenvalue weighted by atomic mass is 10.3. The van der Waals surface area contributed by atoms with Crippen molar-refractivity contribution in [3.05, 3.63) is 27.0 Å². The maximum Gasteiger partial charge on any atom is 0.311 e. The summed E-state index contributed by atoms with van der Waals surface area (Å²) in [6, 6.07) is 0. The molecule has 0 bridgehead atoms. The predicted octanol–water partition coefficient (Wildman–Crippen LogP) is 1.80. The van der Waals surface area contributed by atoms with Gasteiger partial charge in [0.25, 0.3) is 0 Å². The number of halogens is 1. The van der Waals surface area contributed by atoms with Gasteiger partial charge in [0.15, 0.2) is 0 Å². The van der Waals surface area contributed by atoms with Crippen molar-refractivity contribution >= 4 is 27.3 Å². The molecule has 7 heteroatoms. The number of nitro groups is 1. The largest absolute Gasteiger partial charge is 0.368 e. The van der Waals surface area contributed by atoms with Crippen LogP contribution >= 0.6 is 15.9 Å². The summed E-state index contributed by atoms with van der Waals surface area (Å²) in [5.74, 6) is 0. The molecular formula is C10H15BrN4O2. The van der Waals surface area contributed by atoms with Crippen LogP contribution in [0.4, 0.5) is 11.4 Å². The normalized spacial score (nSPS) is 10.3. The van der Waals surface area contributed by atoms with Crippen LogP contribution in [0.1, 0.15) is 6.42 Å². The predicted molar refractivity (Wildman–Crippen MR) is 70.4 cm³/mol. The van der Waals surface area contributed by atoms with Gasteiger partial charge in [0.1, 0.15) is 11.9 Å². The molecule has 0 saturated carbocycles. The summed E-state index contributed by atoms with van der Waals surface area (Å²) in [5, 5.41) is 14.0. The molecule has 0 fully saturated rings. The highest BCUT2D eigenvalue weighted by Crippen LogP contribution is 2.33. The Balaban J connectivity index is 2.90. The van der Waals surface area contributed by atoms with Gasteiger partial charge in [0.2, 0.25) is 0 Å². The molecule has 1 N–H and O–H groups in total. The third kappa shape index (κ3) is 3.64. The van der Waals surface area contributed by atoms with E-state index >= 15 is 0 Å². The number of anilines is 1. The second kappa shape index (κ2) is 6.51. The van der Waals surface area contributed by atoms with Gasteiger partial charge in [-0.1, -0.05) is 0 Å². The Hall–Kier alpha value is -1.21. The molecule has 0 aliphatic carbocycles. The molecule has 17 heavy (non-hydrogen) atoms. The van der Waals surface area contributed by atoms with Gasteiger partial charge >= 0.3 is 5.69 Å². The Kier molecular flexibility index (Phi) is 5.30. The second-order valence-electron chi connectivity index (χ2n) is 3.62. The van der Waals surface area contributed by atoms with E-state index in [0.29, 0.717) is 10.2 Å². The number of nitrogens with one attached hydrogen (secondary N) is 1. The zero-order chi connectivity index (χ0) is 12.8. The fourth-order valence-electron chi connectivity index (χ4n) is 1.53. The molecule has 1 rings (SSSR count). The Morgan fingerprint density at radius 1 is 1.59 bits per heavy atom. The lowest BCUT2D eigenvalue weighted by molar-refractivity contribution is -0.384. The van der Waals surface area contributed by atoms with Gasteiger partial charge < -0.3 is 10.2 Å². The smallest absolute Gasteiger partial charge is 0.311 e. The molecule has 0 spiro atoms. The first-order valence-corrected chi connectivity index (χ1v) is 6.01. The standard InChI is InChI=1S/C10H15BrN4O2/c1-12-4-3-5-14(2)10-8(11)6-13-7-9(10)15(16)17/h6-7,12H,3-5H2,1-2H3. The molecule has 1 aromatic rings. The van der Waals surface area contributed by atoms with Crippen molar-refractivity contribution in [2.24, 2.45) is 0 Å². The van der Waals surface area contributed by atoms with Crippen LogP contribution in [0.15, 0.2) is 16.9 Å². The van der Waals surface area contributed by atoms with Crippen molar-refractivity contribution in [1.29, 1.82) is 0 Å². The molecule has 1 heterocycles.